The fourth-order valence-corrected chi connectivity index (χ4v) is 1.01. The van der Waals surface area contributed by atoms with Crippen molar-refractivity contribution in [1.82, 2.24) is 15.0 Å². The average Bonchev–Trinajstić information content (AvgIpc) is 2.04. The first-order chi connectivity index (χ1) is 5.77. The minimum absolute atomic E-state index is 0. The third-order valence-electron chi connectivity index (χ3n) is 1.54. The maximum Gasteiger partial charge on any atom is 0.326 e. The molecule has 0 saturated heterocycles. The molecule has 0 aliphatic carbocycles. The van der Waals surface area contributed by atoms with E-state index in [1.807, 2.05) is 0 Å². The van der Waals surface area contributed by atoms with Gasteiger partial charge in [-0.1, -0.05) is 0 Å². The van der Waals surface area contributed by atoms with Crippen LogP contribution in [0.4, 0.5) is 0 Å². The second-order valence-corrected chi connectivity index (χ2v) is 2.33. The van der Waals surface area contributed by atoms with Crippen LogP contribution in [-0.2, 0) is 0 Å². The lowest BCUT2D eigenvalue weighted by molar-refractivity contribution is 1.08. The van der Waals surface area contributed by atoms with Crippen molar-refractivity contribution in [2.75, 3.05) is 0 Å². The van der Waals surface area contributed by atoms with Crippen LogP contribution in [0.3, 0.4) is 0 Å². The number of nitrogens with zero attached hydrogens (tertiary/aromatic N) is 1. The highest BCUT2D eigenvalue weighted by Gasteiger charge is 1.97. The van der Waals surface area contributed by atoms with Crippen LogP contribution in [0.1, 0.15) is 0 Å². The Morgan fingerprint density at radius 3 is 2.77 bits per heavy atom. The molecule has 13 heavy (non-hydrogen) atoms. The minimum Gasteiger partial charge on any atom is -0.307 e. The maximum atomic E-state index is 11.1. The van der Waals surface area contributed by atoms with Gasteiger partial charge in [-0.3, -0.25) is 14.8 Å². The Morgan fingerprint density at radius 1 is 1.23 bits per heavy atom. The SMILES string of the molecule is Cl.O=c1[nH]c(=O)c2cnccc2[nH]1. The monoisotopic (exact) mass is 199 g/mol. The summed E-state index contributed by atoms with van der Waals surface area (Å²) in [5.41, 5.74) is -0.417. The number of hydrogen-bond acceptors (Lipinski definition) is 3. The van der Waals surface area contributed by atoms with Gasteiger partial charge in [0.25, 0.3) is 5.56 Å². The van der Waals surface area contributed by atoms with E-state index >= 15 is 0 Å². The fourth-order valence-electron chi connectivity index (χ4n) is 1.01. The molecule has 0 unspecified atom stereocenters. The van der Waals surface area contributed by atoms with E-state index in [2.05, 4.69) is 15.0 Å². The summed E-state index contributed by atoms with van der Waals surface area (Å²) < 4.78 is 0. The first-order valence-corrected chi connectivity index (χ1v) is 3.34. The van der Waals surface area contributed by atoms with Gasteiger partial charge in [-0.15, -0.1) is 12.4 Å². The molecule has 2 aromatic rings. The van der Waals surface area contributed by atoms with Gasteiger partial charge >= 0.3 is 5.69 Å². The van der Waals surface area contributed by atoms with Gasteiger partial charge in [-0.2, -0.15) is 0 Å². The van der Waals surface area contributed by atoms with E-state index in [9.17, 15) is 9.59 Å². The Hall–Kier alpha value is -1.62. The number of fused-ring (bicyclic) bond motifs is 1. The fraction of sp³-hybridized carbons (Fsp3) is 0. The molecule has 0 aliphatic heterocycles. The molecule has 2 rings (SSSR count). The van der Waals surface area contributed by atoms with Gasteiger partial charge in [0.15, 0.2) is 0 Å². The molecular formula is C7H6ClN3O2. The minimum atomic E-state index is -0.501. The van der Waals surface area contributed by atoms with Crippen LogP contribution >= 0.6 is 12.4 Å². The van der Waals surface area contributed by atoms with E-state index in [-0.39, 0.29) is 12.4 Å². The van der Waals surface area contributed by atoms with E-state index in [0.29, 0.717) is 10.9 Å². The zero-order valence-corrected chi connectivity index (χ0v) is 7.22. The highest BCUT2D eigenvalue weighted by atomic mass is 35.5. The summed E-state index contributed by atoms with van der Waals surface area (Å²) in [6.07, 6.45) is 2.92. The normalized spacial score (nSPS) is 9.54. The first kappa shape index (κ1) is 9.47. The van der Waals surface area contributed by atoms with Crippen LogP contribution in [0.15, 0.2) is 28.0 Å². The Balaban J connectivity index is 0.000000845. The molecule has 0 aliphatic rings. The average molecular weight is 200 g/mol. The van der Waals surface area contributed by atoms with Crippen molar-refractivity contribution in [3.63, 3.8) is 0 Å². The van der Waals surface area contributed by atoms with Gasteiger partial charge in [-0.25, -0.2) is 4.79 Å². The van der Waals surface area contributed by atoms with Crippen molar-refractivity contribution in [1.29, 1.82) is 0 Å². The topological polar surface area (TPSA) is 78.6 Å². The van der Waals surface area contributed by atoms with Crippen LogP contribution in [0.2, 0.25) is 0 Å². The molecular weight excluding hydrogens is 194 g/mol. The molecule has 6 heteroatoms. The summed E-state index contributed by atoms with van der Waals surface area (Å²) >= 11 is 0. The Morgan fingerprint density at radius 2 is 2.00 bits per heavy atom. The van der Waals surface area contributed by atoms with E-state index in [0.717, 1.165) is 0 Å². The van der Waals surface area contributed by atoms with E-state index in [4.69, 9.17) is 0 Å². The van der Waals surface area contributed by atoms with Crippen LogP contribution in [0.5, 0.6) is 0 Å². The molecule has 5 nitrogen and oxygen atoms in total. The number of hydrogen-bond donors (Lipinski definition) is 2. The van der Waals surface area contributed by atoms with Gasteiger partial charge < -0.3 is 4.98 Å². The van der Waals surface area contributed by atoms with Gasteiger partial charge in [0, 0.05) is 12.4 Å². The third kappa shape index (κ3) is 1.59. The first-order valence-electron chi connectivity index (χ1n) is 3.34. The zero-order chi connectivity index (χ0) is 8.55. The molecule has 68 valence electrons. The second kappa shape index (κ2) is 3.40. The van der Waals surface area contributed by atoms with Crippen LogP contribution in [0, 0.1) is 0 Å². The quantitative estimate of drug-likeness (QED) is 0.629. The van der Waals surface area contributed by atoms with Crippen molar-refractivity contribution in [2.45, 2.75) is 0 Å². The molecule has 0 fully saturated rings. The molecule has 2 heterocycles. The van der Waals surface area contributed by atoms with E-state index in [1.165, 1.54) is 12.4 Å². The van der Waals surface area contributed by atoms with Crippen molar-refractivity contribution in [2.24, 2.45) is 0 Å². The van der Waals surface area contributed by atoms with E-state index in [1.54, 1.807) is 6.07 Å². The maximum absolute atomic E-state index is 11.1. The Labute approximate surface area is 78.2 Å². The summed E-state index contributed by atoms with van der Waals surface area (Å²) in [6.45, 7) is 0. The molecule has 2 N–H and O–H groups in total. The summed E-state index contributed by atoms with van der Waals surface area (Å²) in [5, 5.41) is 0.386. The molecule has 2 aromatic heterocycles. The van der Waals surface area contributed by atoms with Gasteiger partial charge in [0.05, 0.1) is 10.9 Å². The highest BCUT2D eigenvalue weighted by molar-refractivity contribution is 5.85. The number of halogens is 1. The summed E-state index contributed by atoms with van der Waals surface area (Å²) in [4.78, 5) is 30.2. The molecule has 0 radical (unpaired) electrons. The number of H-pyrrole nitrogens is 2. The summed E-state index contributed by atoms with van der Waals surface area (Å²) in [5.74, 6) is 0. The van der Waals surface area contributed by atoms with Crippen molar-refractivity contribution in [3.05, 3.63) is 39.3 Å². The number of rotatable bonds is 0. The van der Waals surface area contributed by atoms with E-state index < -0.39 is 11.2 Å². The number of aromatic nitrogens is 3. The van der Waals surface area contributed by atoms with Crippen LogP contribution < -0.4 is 11.2 Å². The lowest BCUT2D eigenvalue weighted by Crippen LogP contribution is -2.21. The predicted octanol–water partition coefficient (Wildman–Crippen LogP) is 0.0332. The van der Waals surface area contributed by atoms with Crippen LogP contribution in [-0.4, -0.2) is 15.0 Å². The van der Waals surface area contributed by atoms with Crippen molar-refractivity contribution < 1.29 is 0 Å². The smallest absolute Gasteiger partial charge is 0.307 e. The van der Waals surface area contributed by atoms with Gasteiger partial charge in [0.1, 0.15) is 0 Å². The number of aromatic amines is 2. The lowest BCUT2D eigenvalue weighted by atomic mass is 10.3. The molecule has 0 aromatic carbocycles. The largest absolute Gasteiger partial charge is 0.326 e. The Kier molecular flexibility index (Phi) is 2.48. The van der Waals surface area contributed by atoms with Crippen LogP contribution in [0.25, 0.3) is 10.9 Å². The third-order valence-corrected chi connectivity index (χ3v) is 1.54. The molecule has 0 amide bonds. The molecule has 0 spiro atoms. The Bertz CT molecular complexity index is 531. The number of nitrogens with one attached hydrogen (secondary N) is 2. The summed E-state index contributed by atoms with van der Waals surface area (Å²) in [6, 6.07) is 1.58. The standard InChI is InChI=1S/C7H5N3O2.ClH/c11-6-4-3-8-2-1-5(4)9-7(12)10-6;/h1-3H,(H2,9,10,11,12);1H. The highest BCUT2D eigenvalue weighted by Crippen LogP contribution is 1.98. The van der Waals surface area contributed by atoms with Gasteiger partial charge in [0.2, 0.25) is 0 Å². The summed E-state index contributed by atoms with van der Waals surface area (Å²) in [7, 11) is 0. The second-order valence-electron chi connectivity index (χ2n) is 2.33. The predicted molar refractivity (Wildman–Crippen MR) is 50.2 cm³/mol. The molecule has 0 saturated carbocycles. The van der Waals surface area contributed by atoms with Gasteiger partial charge in [-0.05, 0) is 6.07 Å². The lowest BCUT2D eigenvalue weighted by Gasteiger charge is -1.92. The van der Waals surface area contributed by atoms with Crippen molar-refractivity contribution >= 4 is 23.3 Å². The molecule has 0 atom stereocenters. The number of pyridine rings is 1. The zero-order valence-electron chi connectivity index (χ0n) is 6.40. The van der Waals surface area contributed by atoms with Crippen molar-refractivity contribution in [3.8, 4) is 0 Å². The molecule has 0 bridgehead atoms.